The molecule has 4 heterocycles. The first-order valence-corrected chi connectivity index (χ1v) is 16.4. The number of aromatic nitrogens is 4. The highest BCUT2D eigenvalue weighted by Gasteiger charge is 2.21. The van der Waals surface area contributed by atoms with Crippen LogP contribution in [0.25, 0.3) is 33.4 Å². The van der Waals surface area contributed by atoms with Gasteiger partial charge in [0.2, 0.25) is 5.91 Å². The number of imidazole rings is 1. The van der Waals surface area contributed by atoms with Crippen LogP contribution in [0.15, 0.2) is 65.6 Å². The minimum atomic E-state index is -0.989. The van der Waals surface area contributed by atoms with Crippen LogP contribution in [-0.2, 0) is 29.2 Å². The molecule has 1 aliphatic heterocycles. The largest absolute Gasteiger partial charge is 0.480 e. The molecule has 13 nitrogen and oxygen atoms in total. The fourth-order valence-electron chi connectivity index (χ4n) is 5.88. The summed E-state index contributed by atoms with van der Waals surface area (Å²) in [7, 11) is 0. The molecule has 6 rings (SSSR count). The summed E-state index contributed by atoms with van der Waals surface area (Å²) >= 11 is 14.0. The molecule has 1 fully saturated rings. The van der Waals surface area contributed by atoms with Gasteiger partial charge in [-0.2, -0.15) is 0 Å². The number of benzene rings is 2. The molecule has 0 saturated carbocycles. The molecule has 1 saturated heterocycles. The number of pyridine rings is 2. The van der Waals surface area contributed by atoms with Crippen molar-refractivity contribution in [3.8, 4) is 22.4 Å². The Kier molecular flexibility index (Phi) is 10.6. The first-order valence-electron chi connectivity index (χ1n) is 15.7. The van der Waals surface area contributed by atoms with Gasteiger partial charge in [-0.15, -0.1) is 0 Å². The molecule has 0 aliphatic carbocycles. The third kappa shape index (κ3) is 7.61. The smallest absolute Gasteiger partial charge is 0.317 e. The summed E-state index contributed by atoms with van der Waals surface area (Å²) < 4.78 is 1.81. The van der Waals surface area contributed by atoms with Gasteiger partial charge in [0, 0.05) is 66.2 Å². The number of fused-ring (bicyclic) bond motifs is 1. The molecule has 2 aromatic carbocycles. The van der Waals surface area contributed by atoms with E-state index in [2.05, 4.69) is 31.2 Å². The summed E-state index contributed by atoms with van der Waals surface area (Å²) in [5.41, 5.74) is 4.59. The van der Waals surface area contributed by atoms with Gasteiger partial charge in [-0.1, -0.05) is 59.6 Å². The predicted molar refractivity (Wildman–Crippen MR) is 188 cm³/mol. The number of aromatic amines is 1. The Labute approximate surface area is 290 Å². The molecule has 15 heteroatoms. The molecule has 0 spiro atoms. The van der Waals surface area contributed by atoms with Gasteiger partial charge in [0.05, 0.1) is 40.9 Å². The van der Waals surface area contributed by atoms with Gasteiger partial charge in [0.25, 0.3) is 5.56 Å². The van der Waals surface area contributed by atoms with Crippen molar-refractivity contribution in [2.45, 2.75) is 38.5 Å². The van der Waals surface area contributed by atoms with Gasteiger partial charge in [0.15, 0.2) is 5.82 Å². The highest BCUT2D eigenvalue weighted by Crippen LogP contribution is 2.41. The summed E-state index contributed by atoms with van der Waals surface area (Å²) in [5.74, 6) is 0.0325. The van der Waals surface area contributed by atoms with E-state index in [4.69, 9.17) is 33.3 Å². The standard InChI is InChI=1S/C34H34Cl2N8O5/c35-30-21(3-1-5-23(30)24-9-7-19(34(49)42-24)15-37-16-20-8-10-28(46)40-20)22-4-2-6-25(31(22)36)41-33-32-26(11-12-39-33)44(13-14-45)27(43-32)17-38-18-29(47)48/h1-7,9,11-12,20,37-38,45H,8,10,13-18H2,(H,39,41)(H,40,46)(H,42,49)(H,47,48)/t20-/m0/s1. The predicted octanol–water partition coefficient (Wildman–Crippen LogP) is 4.04. The summed E-state index contributed by atoms with van der Waals surface area (Å²) in [6.45, 7) is 1.02. The lowest BCUT2D eigenvalue weighted by Gasteiger charge is -2.15. The molecule has 49 heavy (non-hydrogen) atoms. The van der Waals surface area contributed by atoms with E-state index >= 15 is 0 Å². The first-order chi connectivity index (χ1) is 23.7. The Hall–Kier alpha value is -4.79. The van der Waals surface area contributed by atoms with Gasteiger partial charge >= 0.3 is 5.97 Å². The van der Waals surface area contributed by atoms with Crippen molar-refractivity contribution in [3.05, 3.63) is 92.6 Å². The van der Waals surface area contributed by atoms with E-state index in [1.807, 2.05) is 41.0 Å². The van der Waals surface area contributed by atoms with Crippen LogP contribution in [0.1, 0.15) is 24.2 Å². The zero-order chi connectivity index (χ0) is 34.5. The molecule has 0 bridgehead atoms. The van der Waals surface area contributed by atoms with Gasteiger partial charge in [-0.25, -0.2) is 9.97 Å². The number of nitrogens with one attached hydrogen (secondary N) is 5. The van der Waals surface area contributed by atoms with Crippen molar-refractivity contribution in [3.63, 3.8) is 0 Å². The van der Waals surface area contributed by atoms with Crippen molar-refractivity contribution in [2.24, 2.45) is 0 Å². The number of aliphatic hydroxyl groups is 1. The molecule has 0 unspecified atom stereocenters. The minimum Gasteiger partial charge on any atom is -0.480 e. The molecule has 1 aliphatic rings. The number of carbonyl (C=O) groups is 2. The average molecular weight is 706 g/mol. The second-order valence-electron chi connectivity index (χ2n) is 11.5. The van der Waals surface area contributed by atoms with Crippen molar-refractivity contribution in [1.29, 1.82) is 0 Å². The molecule has 1 atom stereocenters. The van der Waals surface area contributed by atoms with Crippen LogP contribution < -0.4 is 26.8 Å². The van der Waals surface area contributed by atoms with Crippen LogP contribution >= 0.6 is 23.2 Å². The van der Waals surface area contributed by atoms with Crippen LogP contribution in [0.4, 0.5) is 11.5 Å². The molecular formula is C34H34Cl2N8O5. The molecule has 5 aromatic rings. The third-order valence-corrected chi connectivity index (χ3v) is 9.06. The number of carboxylic acids is 1. The van der Waals surface area contributed by atoms with E-state index in [9.17, 15) is 19.5 Å². The van der Waals surface area contributed by atoms with Crippen molar-refractivity contribution >= 4 is 57.6 Å². The number of hydrogen-bond acceptors (Lipinski definition) is 9. The highest BCUT2D eigenvalue weighted by molar-refractivity contribution is 6.39. The molecule has 0 radical (unpaired) electrons. The molecule has 1 amide bonds. The van der Waals surface area contributed by atoms with E-state index in [1.54, 1.807) is 24.4 Å². The maximum atomic E-state index is 13.0. The first kappa shape index (κ1) is 34.1. The zero-order valence-electron chi connectivity index (χ0n) is 26.2. The van der Waals surface area contributed by atoms with E-state index in [0.717, 1.165) is 6.42 Å². The lowest BCUT2D eigenvalue weighted by Crippen LogP contribution is -2.36. The van der Waals surface area contributed by atoms with Crippen LogP contribution in [0.2, 0.25) is 10.0 Å². The third-order valence-electron chi connectivity index (χ3n) is 8.24. The van der Waals surface area contributed by atoms with Crippen LogP contribution in [0.3, 0.4) is 0 Å². The number of nitrogens with zero attached hydrogens (tertiary/aromatic N) is 3. The van der Waals surface area contributed by atoms with Gasteiger partial charge in [-0.3, -0.25) is 19.7 Å². The Bertz CT molecular complexity index is 2080. The van der Waals surface area contributed by atoms with E-state index in [-0.39, 0.29) is 43.7 Å². The summed E-state index contributed by atoms with van der Waals surface area (Å²) in [6.07, 6.45) is 2.92. The lowest BCUT2D eigenvalue weighted by molar-refractivity contribution is -0.136. The lowest BCUT2D eigenvalue weighted by atomic mass is 10.00. The molecule has 7 N–H and O–H groups in total. The monoisotopic (exact) mass is 704 g/mol. The number of amides is 1. The van der Waals surface area contributed by atoms with Crippen molar-refractivity contribution in [1.82, 2.24) is 35.5 Å². The number of halogens is 2. The van der Waals surface area contributed by atoms with Gasteiger partial charge < -0.3 is 35.7 Å². The Morgan fingerprint density at radius 3 is 2.49 bits per heavy atom. The second-order valence-corrected chi connectivity index (χ2v) is 12.3. The van der Waals surface area contributed by atoms with Crippen LogP contribution in [0, 0.1) is 0 Å². The van der Waals surface area contributed by atoms with Crippen molar-refractivity contribution in [2.75, 3.05) is 25.0 Å². The van der Waals surface area contributed by atoms with E-state index < -0.39 is 5.97 Å². The molecule has 3 aromatic heterocycles. The maximum absolute atomic E-state index is 13.0. The fourth-order valence-corrected chi connectivity index (χ4v) is 6.49. The number of H-pyrrole nitrogens is 1. The van der Waals surface area contributed by atoms with E-state index in [0.29, 0.717) is 85.9 Å². The SMILES string of the molecule is O=C(O)CNCc1nc2c(Nc3cccc(-c4cccc(-c5ccc(CNC[C@@H]6CCC(=O)N6)c(=O)[nH]5)c4Cl)c3Cl)nccc2n1CCO. The Morgan fingerprint density at radius 1 is 0.980 bits per heavy atom. The quantitative estimate of drug-likeness (QED) is 0.0890. The Balaban J connectivity index is 1.24. The highest BCUT2D eigenvalue weighted by atomic mass is 35.5. The van der Waals surface area contributed by atoms with Crippen LogP contribution in [-0.4, -0.2) is 67.3 Å². The second kappa shape index (κ2) is 15.2. The minimum absolute atomic E-state index is 0.0502. The number of aliphatic hydroxyl groups excluding tert-OH is 1. The number of anilines is 2. The molecule has 254 valence electrons. The summed E-state index contributed by atoms with van der Waals surface area (Å²) in [4.78, 5) is 47.6. The number of carbonyl (C=O) groups excluding carboxylic acids is 1. The normalized spacial score (nSPS) is 14.3. The van der Waals surface area contributed by atoms with Gasteiger partial charge in [-0.05, 0) is 24.6 Å². The number of carboxylic acid groups (broad SMARTS) is 1. The van der Waals surface area contributed by atoms with E-state index in [1.165, 1.54) is 0 Å². The number of aliphatic carboxylic acids is 1. The van der Waals surface area contributed by atoms with Crippen molar-refractivity contribution < 1.29 is 19.8 Å². The van der Waals surface area contributed by atoms with Crippen LogP contribution in [0.5, 0.6) is 0 Å². The Morgan fingerprint density at radius 2 is 1.76 bits per heavy atom. The topological polar surface area (TPSA) is 186 Å². The van der Waals surface area contributed by atoms with Gasteiger partial charge in [0.1, 0.15) is 11.3 Å². The summed E-state index contributed by atoms with van der Waals surface area (Å²) in [5, 5.41) is 31.8. The molecular weight excluding hydrogens is 671 g/mol. The number of hydrogen-bond donors (Lipinski definition) is 7. The zero-order valence-corrected chi connectivity index (χ0v) is 27.7. The fraction of sp³-hybridized carbons (Fsp3) is 0.265. The average Bonchev–Trinajstić information content (AvgIpc) is 3.66. The maximum Gasteiger partial charge on any atom is 0.317 e. The number of rotatable bonds is 14. The summed E-state index contributed by atoms with van der Waals surface area (Å²) in [6, 6.07) is 16.4.